The van der Waals surface area contributed by atoms with Crippen molar-refractivity contribution in [2.75, 3.05) is 25.5 Å². The molecule has 4 heteroatoms. The maximum atomic E-state index is 5.64. The predicted molar refractivity (Wildman–Crippen MR) is 111 cm³/mol. The van der Waals surface area contributed by atoms with Gasteiger partial charge >= 0.3 is 0 Å². The van der Waals surface area contributed by atoms with E-state index in [2.05, 4.69) is 60.3 Å². The van der Waals surface area contributed by atoms with Gasteiger partial charge in [0.25, 0.3) is 0 Å². The zero-order valence-corrected chi connectivity index (χ0v) is 16.8. The zero-order chi connectivity index (χ0) is 17.8. The Balaban J connectivity index is 1.49. The molecule has 0 bridgehead atoms. The number of piperidine rings is 1. The zero-order valence-electron chi connectivity index (χ0n) is 16.0. The Bertz CT molecular complexity index is 563. The lowest BCUT2D eigenvalue weighted by atomic mass is 9.84. The lowest BCUT2D eigenvalue weighted by molar-refractivity contribution is 0.0691. The number of nitrogens with one attached hydrogen (secondary N) is 1. The Labute approximate surface area is 158 Å². The number of anilines is 1. The third-order valence-corrected chi connectivity index (χ3v) is 6.58. The molecule has 1 saturated carbocycles. The molecule has 0 radical (unpaired) electrons. The van der Waals surface area contributed by atoms with Gasteiger partial charge in [-0.3, -0.25) is 0 Å². The number of nitrogens with zero attached hydrogens (tertiary/aromatic N) is 2. The van der Waals surface area contributed by atoms with Gasteiger partial charge in [0, 0.05) is 30.9 Å². The molecule has 1 aliphatic carbocycles. The third kappa shape index (κ3) is 4.73. The van der Waals surface area contributed by atoms with E-state index in [1.165, 1.54) is 44.1 Å². The molecular formula is C21H33N3S. The monoisotopic (exact) mass is 359 g/mol. The van der Waals surface area contributed by atoms with Crippen molar-refractivity contribution in [3.63, 3.8) is 0 Å². The molecule has 3 nitrogen and oxygen atoms in total. The normalized spacial score (nSPS) is 25.2. The topological polar surface area (TPSA) is 18.5 Å². The molecule has 3 rings (SSSR count). The van der Waals surface area contributed by atoms with Crippen molar-refractivity contribution in [2.45, 2.75) is 64.5 Å². The summed E-state index contributed by atoms with van der Waals surface area (Å²) in [4.78, 5) is 5.03. The Hall–Kier alpha value is -1.13. The smallest absolute Gasteiger partial charge is 0.173 e. The average Bonchev–Trinajstić information content (AvgIpc) is 2.63. The quantitative estimate of drug-likeness (QED) is 0.790. The molecule has 0 amide bonds. The largest absolute Gasteiger partial charge is 0.349 e. The van der Waals surface area contributed by atoms with Gasteiger partial charge in [0.05, 0.1) is 0 Å². The highest BCUT2D eigenvalue weighted by molar-refractivity contribution is 7.80. The molecule has 0 spiro atoms. The third-order valence-electron chi connectivity index (χ3n) is 6.22. The summed E-state index contributed by atoms with van der Waals surface area (Å²) in [5.41, 5.74) is 2.36. The molecule has 0 unspecified atom stereocenters. The molecule has 1 aromatic rings. The van der Waals surface area contributed by atoms with Crippen molar-refractivity contribution in [3.8, 4) is 0 Å². The second kappa shape index (κ2) is 8.50. The van der Waals surface area contributed by atoms with Crippen molar-refractivity contribution in [1.82, 2.24) is 9.80 Å². The van der Waals surface area contributed by atoms with Crippen LogP contribution in [0.2, 0.25) is 0 Å². The van der Waals surface area contributed by atoms with Gasteiger partial charge in [-0.15, -0.1) is 0 Å². The fourth-order valence-corrected chi connectivity index (χ4v) is 4.79. The summed E-state index contributed by atoms with van der Waals surface area (Å²) >= 11 is 5.64. The van der Waals surface area contributed by atoms with Crippen LogP contribution in [0.4, 0.5) is 5.69 Å². The van der Waals surface area contributed by atoms with Gasteiger partial charge in [-0.05, 0) is 69.9 Å². The molecular weight excluding hydrogens is 326 g/mol. The van der Waals surface area contributed by atoms with E-state index in [0.717, 1.165) is 35.8 Å². The summed E-state index contributed by atoms with van der Waals surface area (Å²) in [6.45, 7) is 6.67. The molecule has 2 aliphatic rings. The lowest BCUT2D eigenvalue weighted by Crippen LogP contribution is -2.51. The fraction of sp³-hybridized carbons (Fsp3) is 0.667. The maximum absolute atomic E-state index is 5.64. The van der Waals surface area contributed by atoms with Crippen LogP contribution >= 0.6 is 12.2 Å². The minimum atomic E-state index is 0.712. The summed E-state index contributed by atoms with van der Waals surface area (Å²) in [6, 6.07) is 9.95. The number of thiocarbonyl (C=S) groups is 1. The number of hydrogen-bond donors (Lipinski definition) is 1. The molecule has 1 aromatic carbocycles. The molecule has 1 N–H and O–H groups in total. The minimum absolute atomic E-state index is 0.712. The second-order valence-electron chi connectivity index (χ2n) is 8.01. The van der Waals surface area contributed by atoms with Crippen LogP contribution in [0.3, 0.4) is 0 Å². The molecule has 1 heterocycles. The van der Waals surface area contributed by atoms with E-state index in [0.29, 0.717) is 6.04 Å². The van der Waals surface area contributed by atoms with E-state index >= 15 is 0 Å². The van der Waals surface area contributed by atoms with Crippen molar-refractivity contribution in [2.24, 2.45) is 5.92 Å². The minimum Gasteiger partial charge on any atom is -0.349 e. The Morgan fingerprint density at radius 1 is 1.08 bits per heavy atom. The highest BCUT2D eigenvalue weighted by atomic mass is 32.1. The molecule has 0 aromatic heterocycles. The predicted octanol–water partition coefficient (Wildman–Crippen LogP) is 4.67. The van der Waals surface area contributed by atoms with Crippen molar-refractivity contribution < 1.29 is 0 Å². The van der Waals surface area contributed by atoms with Gasteiger partial charge in [-0.1, -0.05) is 37.5 Å². The standard InChI is InChI=1S/C21H33N3S/c1-16-8-10-18(11-9-16)22-21(25)24-14-12-19(13-15-24)23(3)20-7-5-4-6-17(20)2/h8-11,17,19-20H,4-7,12-15H2,1-3H3,(H,22,25)/t17-,20-/m1/s1. The van der Waals surface area contributed by atoms with Crippen LogP contribution in [0.1, 0.15) is 51.0 Å². The molecule has 25 heavy (non-hydrogen) atoms. The van der Waals surface area contributed by atoms with Gasteiger partial charge < -0.3 is 15.1 Å². The number of rotatable bonds is 3. The molecule has 138 valence electrons. The van der Waals surface area contributed by atoms with Crippen LogP contribution in [-0.2, 0) is 0 Å². The Morgan fingerprint density at radius 2 is 1.72 bits per heavy atom. The van der Waals surface area contributed by atoms with Crippen LogP contribution in [0.5, 0.6) is 0 Å². The van der Waals surface area contributed by atoms with Gasteiger partial charge in [0.1, 0.15) is 0 Å². The van der Waals surface area contributed by atoms with E-state index in [1.807, 2.05) is 0 Å². The van der Waals surface area contributed by atoms with Crippen LogP contribution in [0.25, 0.3) is 0 Å². The van der Waals surface area contributed by atoms with Gasteiger partial charge in [-0.25, -0.2) is 0 Å². The summed E-state index contributed by atoms with van der Waals surface area (Å²) < 4.78 is 0. The van der Waals surface area contributed by atoms with Crippen molar-refractivity contribution in [3.05, 3.63) is 29.8 Å². The maximum Gasteiger partial charge on any atom is 0.173 e. The van der Waals surface area contributed by atoms with Gasteiger partial charge in [0.2, 0.25) is 0 Å². The van der Waals surface area contributed by atoms with Crippen LogP contribution in [-0.4, -0.2) is 47.1 Å². The molecule has 1 saturated heterocycles. The number of likely N-dealkylation sites (tertiary alicyclic amines) is 1. The molecule has 2 atom stereocenters. The van der Waals surface area contributed by atoms with Gasteiger partial charge in [0.15, 0.2) is 5.11 Å². The number of hydrogen-bond acceptors (Lipinski definition) is 2. The highest BCUT2D eigenvalue weighted by Gasteiger charge is 2.31. The van der Waals surface area contributed by atoms with Crippen molar-refractivity contribution in [1.29, 1.82) is 0 Å². The summed E-state index contributed by atoms with van der Waals surface area (Å²) in [7, 11) is 2.36. The number of benzene rings is 1. The Kier molecular flexibility index (Phi) is 6.34. The Morgan fingerprint density at radius 3 is 2.36 bits per heavy atom. The number of aryl methyl sites for hydroxylation is 1. The van der Waals surface area contributed by atoms with E-state index in [4.69, 9.17) is 12.2 Å². The summed E-state index contributed by atoms with van der Waals surface area (Å²) in [5, 5.41) is 4.27. The highest BCUT2D eigenvalue weighted by Crippen LogP contribution is 2.30. The van der Waals surface area contributed by atoms with E-state index in [9.17, 15) is 0 Å². The van der Waals surface area contributed by atoms with Gasteiger partial charge in [-0.2, -0.15) is 0 Å². The van der Waals surface area contributed by atoms with Crippen molar-refractivity contribution >= 4 is 23.0 Å². The molecule has 1 aliphatic heterocycles. The molecule has 2 fully saturated rings. The van der Waals surface area contributed by atoms with E-state index in [1.54, 1.807) is 0 Å². The van der Waals surface area contributed by atoms with Crippen LogP contribution in [0.15, 0.2) is 24.3 Å². The summed E-state index contributed by atoms with van der Waals surface area (Å²) in [6.07, 6.45) is 8.04. The first-order valence-electron chi connectivity index (χ1n) is 9.89. The van der Waals surface area contributed by atoms with E-state index in [-0.39, 0.29) is 0 Å². The SMILES string of the molecule is Cc1ccc(NC(=S)N2CCC(N(C)[C@@H]3CCCC[C@H]3C)CC2)cc1. The van der Waals surface area contributed by atoms with Crippen LogP contribution in [0, 0.1) is 12.8 Å². The summed E-state index contributed by atoms with van der Waals surface area (Å²) in [5.74, 6) is 0.848. The fourth-order valence-electron chi connectivity index (χ4n) is 4.49. The van der Waals surface area contributed by atoms with E-state index < -0.39 is 0 Å². The first-order valence-corrected chi connectivity index (χ1v) is 10.3. The first-order chi connectivity index (χ1) is 12.0. The lowest BCUT2D eigenvalue weighted by Gasteiger charge is -2.44. The average molecular weight is 360 g/mol. The second-order valence-corrected chi connectivity index (χ2v) is 8.40. The van der Waals surface area contributed by atoms with Crippen LogP contribution < -0.4 is 5.32 Å². The first kappa shape index (κ1) is 18.7.